The minimum atomic E-state index is -0.678. The van der Waals surface area contributed by atoms with Crippen molar-refractivity contribution in [3.63, 3.8) is 0 Å². The van der Waals surface area contributed by atoms with Crippen molar-refractivity contribution in [1.82, 2.24) is 40.4 Å². The van der Waals surface area contributed by atoms with Gasteiger partial charge in [-0.15, -0.1) is 0 Å². The van der Waals surface area contributed by atoms with Crippen molar-refractivity contribution < 1.29 is 28.7 Å². The second-order valence-electron chi connectivity index (χ2n) is 20.3. The molecule has 6 aliphatic carbocycles. The van der Waals surface area contributed by atoms with E-state index in [1.807, 2.05) is 49.9 Å². The Balaban J connectivity index is 0.864. The highest BCUT2D eigenvalue weighted by Gasteiger charge is 2.39. The molecule has 4 N–H and O–H groups in total. The van der Waals surface area contributed by atoms with Crippen molar-refractivity contribution in [2.75, 3.05) is 27.3 Å². The monoisotopic (exact) mass is 949 g/mol. The number of imidazole rings is 2. The Morgan fingerprint density at radius 3 is 1.70 bits per heavy atom. The first-order valence-electron chi connectivity index (χ1n) is 25.3. The van der Waals surface area contributed by atoms with Crippen LogP contribution in [0.1, 0.15) is 127 Å². The van der Waals surface area contributed by atoms with E-state index in [-0.39, 0.29) is 35.7 Å². The highest BCUT2D eigenvalue weighted by Crippen LogP contribution is 2.43. The lowest BCUT2D eigenvalue weighted by molar-refractivity contribution is -0.136. The molecule has 14 heteroatoms. The van der Waals surface area contributed by atoms with Crippen LogP contribution in [0.3, 0.4) is 0 Å². The number of carbonyl (C=O) groups is 4. The maximum absolute atomic E-state index is 13.7. The number of ether oxygens (including phenoxy) is 2. The van der Waals surface area contributed by atoms with Crippen LogP contribution in [0.25, 0.3) is 33.7 Å². The molecule has 2 fully saturated rings. The number of nitrogens with one attached hydrogen (secondary N) is 4. The summed E-state index contributed by atoms with van der Waals surface area (Å²) in [6, 6.07) is 16.0. The van der Waals surface area contributed by atoms with E-state index in [2.05, 4.69) is 93.4 Å². The lowest BCUT2D eigenvalue weighted by Gasteiger charge is -2.30. The Kier molecular flexibility index (Phi) is 14.6. The van der Waals surface area contributed by atoms with Gasteiger partial charge in [-0.1, -0.05) is 106 Å². The first-order chi connectivity index (χ1) is 33.9. The molecule has 70 heavy (non-hydrogen) atoms. The molecular formula is C56H68N8O6. The van der Waals surface area contributed by atoms with Crippen molar-refractivity contribution in [2.24, 2.45) is 23.7 Å². The summed E-state index contributed by atoms with van der Waals surface area (Å²) in [6.07, 6.45) is 21.8. The Bertz CT molecular complexity index is 2690. The van der Waals surface area contributed by atoms with Crippen LogP contribution >= 0.6 is 0 Å². The Hall–Kier alpha value is -6.70. The molecular weight excluding hydrogens is 881 g/mol. The molecule has 4 amide bonds. The van der Waals surface area contributed by atoms with Gasteiger partial charge in [0, 0.05) is 13.1 Å². The van der Waals surface area contributed by atoms with Gasteiger partial charge in [-0.2, -0.15) is 0 Å². The SMILES string of the molecule is COC(=O)N[C@H](C(=O)N1CCC[C@H]1c1ncc(-c2ccc(C3=CC4=CCC3CCC3C=CC(=C(c5ccc(-c6cnc([C@@H]7CCCN7C(=O)[C@@H](NC(=O)OC)C(C)C)[nH]6)cc5)C3)CC4)cc2)[nH]1)C(C)C. The predicted octanol–water partition coefficient (Wildman–Crippen LogP) is 10.5. The number of allylic oxidation sites excluding steroid dienone is 8. The predicted molar refractivity (Wildman–Crippen MR) is 271 cm³/mol. The standard InChI is InChI=1S/C56H68N8O6/c1-33(2)49(61-55(67)69-5)53(65)63-27-7-9-47(63)51-57-31-45(59-51)41-23-19-39(20-24-41)43-29-35-11-15-37(43)17-13-36-12-16-38(18-14-35)44(30-36)40-21-25-42(26-22-40)46-32-58-52(60-46)48-10-8-28-64(48)54(66)50(34(3)4)62-56(68)70-6/h11-12,15,19-26,30-35,38,47-50H,7-10,13-14,16-18,27-29H2,1-6H3,(H,57,59)(H,58,60)(H,61,67)(H,62,68)/t35?,38?,47-,48-,49-,50-/m0/s1. The normalized spacial score (nSPS) is 22.1. The summed E-state index contributed by atoms with van der Waals surface area (Å²) < 4.78 is 9.61. The highest BCUT2D eigenvalue weighted by atomic mass is 16.5. The summed E-state index contributed by atoms with van der Waals surface area (Å²) in [5, 5.41) is 5.46. The molecule has 14 nitrogen and oxygen atoms in total. The molecule has 12 rings (SSSR count). The minimum absolute atomic E-state index is 0.0963. The van der Waals surface area contributed by atoms with Crippen molar-refractivity contribution in [3.8, 4) is 22.5 Å². The van der Waals surface area contributed by atoms with Crippen molar-refractivity contribution in [1.29, 1.82) is 0 Å². The first-order valence-corrected chi connectivity index (χ1v) is 25.3. The number of carbonyl (C=O) groups excluding carboxylic acids is 4. The third kappa shape index (κ3) is 10.3. The van der Waals surface area contributed by atoms with Gasteiger partial charge < -0.3 is 39.9 Å². The smallest absolute Gasteiger partial charge is 0.407 e. The third-order valence-electron chi connectivity index (χ3n) is 15.2. The largest absolute Gasteiger partial charge is 0.453 e. The van der Waals surface area contributed by atoms with Gasteiger partial charge in [0.1, 0.15) is 23.7 Å². The quantitative estimate of drug-likeness (QED) is 0.109. The molecule has 8 aliphatic rings. The van der Waals surface area contributed by atoms with Crippen LogP contribution in [0.15, 0.2) is 96.4 Å². The Morgan fingerprint density at radius 1 is 0.671 bits per heavy atom. The number of H-pyrrole nitrogens is 2. The summed E-state index contributed by atoms with van der Waals surface area (Å²) in [5.74, 6) is 1.98. The fraction of sp³-hybridized carbons (Fsp3) is 0.464. The maximum Gasteiger partial charge on any atom is 0.407 e. The topological polar surface area (TPSA) is 175 Å². The van der Waals surface area contributed by atoms with Crippen molar-refractivity contribution in [3.05, 3.63) is 119 Å². The summed E-state index contributed by atoms with van der Waals surface area (Å²) >= 11 is 0. The lowest BCUT2D eigenvalue weighted by Crippen LogP contribution is -2.51. The number of rotatable bonds is 12. The zero-order valence-electron chi connectivity index (χ0n) is 41.4. The Morgan fingerprint density at radius 2 is 1.19 bits per heavy atom. The molecule has 0 saturated carbocycles. The number of methoxy groups -OCH3 is 2. The van der Waals surface area contributed by atoms with E-state index in [1.54, 1.807) is 0 Å². The molecule has 0 radical (unpaired) electrons. The van der Waals surface area contributed by atoms with Gasteiger partial charge in [-0.25, -0.2) is 19.6 Å². The molecule has 368 valence electrons. The zero-order valence-corrected chi connectivity index (χ0v) is 41.4. The number of nitrogens with zero attached hydrogens (tertiary/aromatic N) is 4. The van der Waals surface area contributed by atoms with Gasteiger partial charge in [0.05, 0.1) is 50.1 Å². The van der Waals surface area contributed by atoms with Crippen LogP contribution in [0.5, 0.6) is 0 Å². The molecule has 2 unspecified atom stereocenters. The average Bonchev–Trinajstić information content (AvgIpc) is 4.23. The number of amides is 4. The minimum Gasteiger partial charge on any atom is -0.453 e. The second kappa shape index (κ2) is 21.1. The molecule has 4 aromatic rings. The molecule has 4 heterocycles. The first kappa shape index (κ1) is 48.3. The summed E-state index contributed by atoms with van der Waals surface area (Å²) in [4.78, 5) is 71.8. The van der Waals surface area contributed by atoms with Crippen LogP contribution in [-0.4, -0.2) is 93.1 Å². The lowest BCUT2D eigenvalue weighted by atomic mass is 9.75. The number of hydrogen-bond donors (Lipinski definition) is 4. The number of alkyl carbamates (subject to hydrolysis) is 2. The van der Waals surface area contributed by atoms with Crippen LogP contribution in [-0.2, 0) is 19.1 Å². The molecule has 2 aliphatic heterocycles. The van der Waals surface area contributed by atoms with Crippen molar-refractivity contribution >= 4 is 35.1 Å². The number of aromatic nitrogens is 4. The van der Waals surface area contributed by atoms with Gasteiger partial charge in [0.15, 0.2) is 0 Å². The van der Waals surface area contributed by atoms with E-state index >= 15 is 0 Å². The van der Waals surface area contributed by atoms with E-state index in [9.17, 15) is 19.2 Å². The molecule has 2 aromatic heterocycles. The molecule has 2 aromatic carbocycles. The van der Waals surface area contributed by atoms with Gasteiger partial charge in [0.25, 0.3) is 0 Å². The fourth-order valence-electron chi connectivity index (χ4n) is 11.2. The molecule has 4 bridgehead atoms. The summed E-state index contributed by atoms with van der Waals surface area (Å²) in [7, 11) is 2.61. The van der Waals surface area contributed by atoms with Gasteiger partial charge in [-0.05, 0) is 127 Å². The highest BCUT2D eigenvalue weighted by molar-refractivity contribution is 5.87. The number of hydrogen-bond acceptors (Lipinski definition) is 8. The third-order valence-corrected chi connectivity index (χ3v) is 15.2. The van der Waals surface area contributed by atoms with E-state index in [4.69, 9.17) is 19.4 Å². The van der Waals surface area contributed by atoms with E-state index in [0.29, 0.717) is 24.9 Å². The van der Waals surface area contributed by atoms with Gasteiger partial charge in [0.2, 0.25) is 11.8 Å². The van der Waals surface area contributed by atoms with Gasteiger partial charge in [-0.3, -0.25) is 9.59 Å². The van der Waals surface area contributed by atoms with E-state index in [0.717, 1.165) is 98.4 Å². The van der Waals surface area contributed by atoms with E-state index < -0.39 is 24.3 Å². The van der Waals surface area contributed by atoms with Crippen LogP contribution < -0.4 is 10.6 Å². The summed E-state index contributed by atoms with van der Waals surface area (Å²) in [5.41, 5.74) is 12.1. The molecule has 6 atom stereocenters. The van der Waals surface area contributed by atoms with Crippen molar-refractivity contribution in [2.45, 2.75) is 116 Å². The fourth-order valence-corrected chi connectivity index (χ4v) is 11.2. The number of aromatic amines is 2. The van der Waals surface area contributed by atoms with Crippen LogP contribution in [0.2, 0.25) is 0 Å². The maximum atomic E-state index is 13.7. The van der Waals surface area contributed by atoms with Crippen LogP contribution in [0.4, 0.5) is 9.59 Å². The van der Waals surface area contributed by atoms with Gasteiger partial charge >= 0.3 is 12.2 Å². The zero-order chi connectivity index (χ0) is 49.1. The molecule has 2 saturated heterocycles. The molecule has 0 spiro atoms. The Labute approximate surface area is 411 Å². The van der Waals surface area contributed by atoms with E-state index in [1.165, 1.54) is 47.6 Å². The summed E-state index contributed by atoms with van der Waals surface area (Å²) in [6.45, 7) is 8.91. The number of benzene rings is 2. The number of likely N-dealkylation sites (tertiary alicyclic amines) is 2. The second-order valence-corrected chi connectivity index (χ2v) is 20.3. The van der Waals surface area contributed by atoms with Crippen LogP contribution in [0, 0.1) is 23.7 Å². The average molecular weight is 949 g/mol.